The van der Waals surface area contributed by atoms with E-state index in [9.17, 15) is 9.59 Å². The lowest BCUT2D eigenvalue weighted by Gasteiger charge is -2.32. The van der Waals surface area contributed by atoms with Crippen LogP contribution in [0.4, 0.5) is 4.79 Å². The Labute approximate surface area is 138 Å². The molecule has 3 amide bonds. The lowest BCUT2D eigenvalue weighted by Crippen LogP contribution is -2.47. The molecule has 2 rings (SSSR count). The van der Waals surface area contributed by atoms with Gasteiger partial charge in [0.05, 0.1) is 6.54 Å². The number of nitrogens with one attached hydrogen (secondary N) is 2. The zero-order chi connectivity index (χ0) is 16.7. The summed E-state index contributed by atoms with van der Waals surface area (Å²) in [5.41, 5.74) is 1.37. The maximum Gasteiger partial charge on any atom is 0.315 e. The third kappa shape index (κ3) is 5.93. The number of hydrogen-bond donors (Lipinski definition) is 2. The molecule has 2 N–H and O–H groups in total. The van der Waals surface area contributed by atoms with Gasteiger partial charge in [-0.3, -0.25) is 4.79 Å². The highest BCUT2D eigenvalue weighted by atomic mass is 16.2. The summed E-state index contributed by atoms with van der Waals surface area (Å²) in [6.07, 6.45) is 3.13. The topological polar surface area (TPSA) is 61.4 Å². The van der Waals surface area contributed by atoms with Gasteiger partial charge in [-0.15, -0.1) is 0 Å². The molecule has 0 radical (unpaired) electrons. The largest absolute Gasteiger partial charge is 0.341 e. The van der Waals surface area contributed by atoms with E-state index in [1.807, 2.05) is 24.8 Å². The predicted octanol–water partition coefficient (Wildman–Crippen LogP) is 2.18. The van der Waals surface area contributed by atoms with Crippen molar-refractivity contribution in [2.24, 2.45) is 5.92 Å². The highest BCUT2D eigenvalue weighted by Gasteiger charge is 2.23. The average Bonchev–Trinajstić information content (AvgIpc) is 2.54. The monoisotopic (exact) mass is 317 g/mol. The third-order valence-electron chi connectivity index (χ3n) is 4.15. The fourth-order valence-electron chi connectivity index (χ4n) is 2.91. The Morgan fingerprint density at radius 1 is 1.17 bits per heavy atom. The molecule has 5 heteroatoms. The highest BCUT2D eigenvalue weighted by molar-refractivity contribution is 5.84. The van der Waals surface area contributed by atoms with Gasteiger partial charge in [-0.1, -0.05) is 30.3 Å². The Morgan fingerprint density at radius 2 is 1.83 bits per heavy atom. The summed E-state index contributed by atoms with van der Waals surface area (Å²) in [5.74, 6) is 0.640. The lowest BCUT2D eigenvalue weighted by molar-refractivity contribution is -0.131. The number of hydrogen-bond acceptors (Lipinski definition) is 2. The molecular weight excluding hydrogens is 290 g/mol. The maximum atomic E-state index is 12.1. The first-order valence-corrected chi connectivity index (χ1v) is 8.40. The Hall–Kier alpha value is -2.04. The SMILES string of the molecule is CC(C)NC(=O)NCC(=O)N1CCC(Cc2ccccc2)CC1. The van der Waals surface area contributed by atoms with Crippen LogP contribution in [-0.4, -0.2) is 42.5 Å². The van der Waals surface area contributed by atoms with Crippen molar-refractivity contribution in [1.82, 2.24) is 15.5 Å². The van der Waals surface area contributed by atoms with Gasteiger partial charge >= 0.3 is 6.03 Å². The van der Waals surface area contributed by atoms with Gasteiger partial charge in [-0.2, -0.15) is 0 Å². The number of amides is 3. The molecule has 1 saturated heterocycles. The normalized spacial score (nSPS) is 15.5. The van der Waals surface area contributed by atoms with Crippen molar-refractivity contribution >= 4 is 11.9 Å². The number of likely N-dealkylation sites (tertiary alicyclic amines) is 1. The highest BCUT2D eigenvalue weighted by Crippen LogP contribution is 2.21. The summed E-state index contributed by atoms with van der Waals surface area (Å²) in [7, 11) is 0. The van der Waals surface area contributed by atoms with Crippen molar-refractivity contribution in [3.8, 4) is 0 Å². The molecule has 1 aromatic carbocycles. The van der Waals surface area contributed by atoms with Crippen LogP contribution in [0.1, 0.15) is 32.3 Å². The van der Waals surface area contributed by atoms with Crippen LogP contribution in [0.25, 0.3) is 0 Å². The number of piperidine rings is 1. The van der Waals surface area contributed by atoms with E-state index in [2.05, 4.69) is 34.9 Å². The number of carbonyl (C=O) groups excluding carboxylic acids is 2. The minimum Gasteiger partial charge on any atom is -0.341 e. The Bertz CT molecular complexity index is 508. The minimum absolute atomic E-state index is 0.00191. The first kappa shape index (κ1) is 17.3. The Kier molecular flexibility index (Phi) is 6.44. The Balaban J connectivity index is 1.69. The fourth-order valence-corrected chi connectivity index (χ4v) is 2.91. The van der Waals surface area contributed by atoms with Crippen molar-refractivity contribution < 1.29 is 9.59 Å². The molecule has 0 aliphatic carbocycles. The third-order valence-corrected chi connectivity index (χ3v) is 4.15. The van der Waals surface area contributed by atoms with Gasteiger partial charge in [0.2, 0.25) is 5.91 Å². The van der Waals surface area contributed by atoms with Crippen LogP contribution in [-0.2, 0) is 11.2 Å². The standard InChI is InChI=1S/C18H27N3O2/c1-14(2)20-18(23)19-13-17(22)21-10-8-16(9-11-21)12-15-6-4-3-5-7-15/h3-7,14,16H,8-13H2,1-2H3,(H2,19,20,23). The zero-order valence-corrected chi connectivity index (χ0v) is 14.0. The van der Waals surface area contributed by atoms with E-state index >= 15 is 0 Å². The molecule has 0 bridgehead atoms. The van der Waals surface area contributed by atoms with E-state index in [0.717, 1.165) is 32.4 Å². The quantitative estimate of drug-likeness (QED) is 0.874. The van der Waals surface area contributed by atoms with Gasteiger partial charge in [-0.25, -0.2) is 4.79 Å². The van der Waals surface area contributed by atoms with Gasteiger partial charge < -0.3 is 15.5 Å². The minimum atomic E-state index is -0.285. The maximum absolute atomic E-state index is 12.1. The number of rotatable bonds is 5. The summed E-state index contributed by atoms with van der Waals surface area (Å²) in [5, 5.41) is 5.34. The second-order valence-electron chi connectivity index (χ2n) is 6.50. The summed E-state index contributed by atoms with van der Waals surface area (Å²) >= 11 is 0. The van der Waals surface area contributed by atoms with Crippen molar-refractivity contribution in [3.05, 3.63) is 35.9 Å². The van der Waals surface area contributed by atoms with Crippen molar-refractivity contribution in [3.63, 3.8) is 0 Å². The van der Waals surface area contributed by atoms with Crippen LogP contribution in [0, 0.1) is 5.92 Å². The van der Waals surface area contributed by atoms with Gasteiger partial charge in [0.15, 0.2) is 0 Å². The van der Waals surface area contributed by atoms with E-state index in [-0.39, 0.29) is 24.5 Å². The van der Waals surface area contributed by atoms with Gasteiger partial charge in [0.25, 0.3) is 0 Å². The molecule has 1 aromatic rings. The number of carbonyl (C=O) groups is 2. The molecule has 1 aliphatic heterocycles. The molecular formula is C18H27N3O2. The molecule has 0 aromatic heterocycles. The van der Waals surface area contributed by atoms with E-state index in [4.69, 9.17) is 0 Å². The molecule has 0 atom stereocenters. The molecule has 23 heavy (non-hydrogen) atoms. The predicted molar refractivity (Wildman–Crippen MR) is 91.1 cm³/mol. The summed E-state index contributed by atoms with van der Waals surface area (Å²) in [4.78, 5) is 25.5. The van der Waals surface area contributed by atoms with Crippen LogP contribution in [0.2, 0.25) is 0 Å². The molecule has 1 fully saturated rings. The van der Waals surface area contributed by atoms with Crippen LogP contribution in [0.15, 0.2) is 30.3 Å². The number of benzene rings is 1. The van der Waals surface area contributed by atoms with E-state index in [0.29, 0.717) is 5.92 Å². The van der Waals surface area contributed by atoms with Gasteiger partial charge in [-0.05, 0) is 44.6 Å². The lowest BCUT2D eigenvalue weighted by atomic mass is 9.90. The summed E-state index contributed by atoms with van der Waals surface area (Å²) < 4.78 is 0. The molecule has 1 heterocycles. The first-order valence-electron chi connectivity index (χ1n) is 8.40. The molecule has 0 saturated carbocycles. The van der Waals surface area contributed by atoms with Crippen molar-refractivity contribution in [2.45, 2.75) is 39.2 Å². The van der Waals surface area contributed by atoms with Crippen molar-refractivity contribution in [1.29, 1.82) is 0 Å². The molecule has 5 nitrogen and oxygen atoms in total. The van der Waals surface area contributed by atoms with E-state index in [1.54, 1.807) is 0 Å². The number of urea groups is 1. The van der Waals surface area contributed by atoms with E-state index < -0.39 is 0 Å². The molecule has 1 aliphatic rings. The summed E-state index contributed by atoms with van der Waals surface area (Å²) in [6, 6.07) is 10.3. The van der Waals surface area contributed by atoms with Gasteiger partial charge in [0, 0.05) is 19.1 Å². The van der Waals surface area contributed by atoms with Crippen LogP contribution in [0.3, 0.4) is 0 Å². The number of nitrogens with zero attached hydrogens (tertiary/aromatic N) is 1. The van der Waals surface area contributed by atoms with Crippen molar-refractivity contribution in [2.75, 3.05) is 19.6 Å². The van der Waals surface area contributed by atoms with E-state index in [1.165, 1.54) is 5.56 Å². The second-order valence-corrected chi connectivity index (χ2v) is 6.50. The molecule has 126 valence electrons. The molecule has 0 spiro atoms. The first-order chi connectivity index (χ1) is 11.0. The smallest absolute Gasteiger partial charge is 0.315 e. The average molecular weight is 317 g/mol. The Morgan fingerprint density at radius 3 is 2.43 bits per heavy atom. The van der Waals surface area contributed by atoms with Crippen LogP contribution < -0.4 is 10.6 Å². The fraction of sp³-hybridized carbons (Fsp3) is 0.556. The van der Waals surface area contributed by atoms with Gasteiger partial charge in [0.1, 0.15) is 0 Å². The molecule has 0 unspecified atom stereocenters. The zero-order valence-electron chi connectivity index (χ0n) is 14.0. The second kappa shape index (κ2) is 8.56. The summed E-state index contributed by atoms with van der Waals surface area (Å²) in [6.45, 7) is 5.41. The van der Waals surface area contributed by atoms with Crippen LogP contribution in [0.5, 0.6) is 0 Å². The van der Waals surface area contributed by atoms with Crippen LogP contribution >= 0.6 is 0 Å².